The molecule has 136 valence electrons. The number of hydrogen-bond acceptors (Lipinski definition) is 4. The number of carbonyl (C=O) groups excluding carboxylic acids is 1. The summed E-state index contributed by atoms with van der Waals surface area (Å²) in [5.74, 6) is -0.608. The van der Waals surface area contributed by atoms with Crippen molar-refractivity contribution in [1.29, 1.82) is 0 Å². The zero-order chi connectivity index (χ0) is 19.0. The number of halogens is 1. The predicted molar refractivity (Wildman–Crippen MR) is 94.8 cm³/mol. The Kier molecular flexibility index (Phi) is 7.69. The van der Waals surface area contributed by atoms with Gasteiger partial charge in [0, 0.05) is 6.54 Å². The van der Waals surface area contributed by atoms with Gasteiger partial charge in [-0.1, -0.05) is 36.4 Å². The Morgan fingerprint density at radius 2 is 1.52 bits per heavy atom. The molecule has 0 fully saturated rings. The fourth-order valence-corrected chi connectivity index (χ4v) is 1.83. The van der Waals surface area contributed by atoms with E-state index < -0.39 is 10.1 Å². The maximum absolute atomic E-state index is 12.9. The molecule has 0 aliphatic rings. The number of rotatable bonds is 5. The highest BCUT2D eigenvalue weighted by atomic mass is 32.2. The van der Waals surface area contributed by atoms with E-state index in [0.717, 1.165) is 16.7 Å². The SMILES string of the molecule is CS(=O)(=O)O.C[C@H](NCc1ccc(-c2ccc(F)cc2)cc1)C(N)=O. The Labute approximate surface area is 146 Å². The van der Waals surface area contributed by atoms with E-state index in [1.54, 1.807) is 19.1 Å². The van der Waals surface area contributed by atoms with Crippen molar-refractivity contribution in [3.05, 3.63) is 59.9 Å². The number of carbonyl (C=O) groups is 1. The number of nitrogens with two attached hydrogens (primary N) is 1. The Morgan fingerprint density at radius 3 is 1.92 bits per heavy atom. The van der Waals surface area contributed by atoms with Crippen LogP contribution in [0.25, 0.3) is 11.1 Å². The van der Waals surface area contributed by atoms with Gasteiger partial charge in [-0.15, -0.1) is 0 Å². The summed E-state index contributed by atoms with van der Waals surface area (Å²) in [6.07, 6.45) is 0.715. The molecule has 0 heterocycles. The summed E-state index contributed by atoms with van der Waals surface area (Å²) in [6.45, 7) is 2.31. The third-order valence-corrected chi connectivity index (χ3v) is 3.17. The van der Waals surface area contributed by atoms with Crippen LogP contribution >= 0.6 is 0 Å². The summed E-state index contributed by atoms with van der Waals surface area (Å²) in [6, 6.07) is 13.9. The lowest BCUT2D eigenvalue weighted by Crippen LogP contribution is -2.38. The highest BCUT2D eigenvalue weighted by Gasteiger charge is 2.07. The zero-order valence-corrected chi connectivity index (χ0v) is 14.8. The van der Waals surface area contributed by atoms with Crippen LogP contribution in [0.3, 0.4) is 0 Å². The molecule has 0 aliphatic heterocycles. The van der Waals surface area contributed by atoms with Crippen LogP contribution in [0.5, 0.6) is 0 Å². The summed E-state index contributed by atoms with van der Waals surface area (Å²) < 4.78 is 38.7. The van der Waals surface area contributed by atoms with Crippen LogP contribution in [0.4, 0.5) is 4.39 Å². The molecule has 0 bridgehead atoms. The van der Waals surface area contributed by atoms with Crippen LogP contribution < -0.4 is 11.1 Å². The molecular weight excluding hydrogens is 347 g/mol. The minimum Gasteiger partial charge on any atom is -0.368 e. The minimum absolute atomic E-state index is 0.241. The van der Waals surface area contributed by atoms with Crippen molar-refractivity contribution < 1.29 is 22.2 Å². The van der Waals surface area contributed by atoms with Crippen LogP contribution in [-0.4, -0.2) is 31.2 Å². The Hall–Kier alpha value is -2.29. The average Bonchev–Trinajstić information content (AvgIpc) is 2.52. The molecule has 2 aromatic rings. The lowest BCUT2D eigenvalue weighted by molar-refractivity contribution is -0.119. The molecular formula is C17H21FN2O4S. The fourth-order valence-electron chi connectivity index (χ4n) is 1.83. The van der Waals surface area contributed by atoms with E-state index in [4.69, 9.17) is 10.3 Å². The van der Waals surface area contributed by atoms with Gasteiger partial charge in [0.05, 0.1) is 12.3 Å². The summed E-state index contributed by atoms with van der Waals surface area (Å²) in [5.41, 5.74) is 8.23. The van der Waals surface area contributed by atoms with Gasteiger partial charge in [-0.3, -0.25) is 9.35 Å². The third-order valence-electron chi connectivity index (χ3n) is 3.17. The molecule has 0 radical (unpaired) electrons. The highest BCUT2D eigenvalue weighted by Crippen LogP contribution is 2.20. The quantitative estimate of drug-likeness (QED) is 0.699. The molecule has 1 amide bonds. The molecule has 0 aromatic heterocycles. The lowest BCUT2D eigenvalue weighted by Gasteiger charge is -2.10. The first kappa shape index (κ1) is 20.8. The predicted octanol–water partition coefficient (Wildman–Crippen LogP) is 1.96. The fraction of sp³-hybridized carbons (Fsp3) is 0.235. The smallest absolute Gasteiger partial charge is 0.261 e. The maximum Gasteiger partial charge on any atom is 0.261 e. The molecule has 4 N–H and O–H groups in total. The Morgan fingerprint density at radius 1 is 1.12 bits per heavy atom. The summed E-state index contributed by atoms with van der Waals surface area (Å²) in [4.78, 5) is 10.9. The Bertz CT molecular complexity index is 782. The third kappa shape index (κ3) is 8.94. The molecule has 0 aliphatic carbocycles. The van der Waals surface area contributed by atoms with Crippen molar-refractivity contribution in [2.24, 2.45) is 5.73 Å². The monoisotopic (exact) mass is 368 g/mol. The van der Waals surface area contributed by atoms with Crippen molar-refractivity contribution in [3.63, 3.8) is 0 Å². The molecule has 8 heteroatoms. The Balaban J connectivity index is 0.000000550. The van der Waals surface area contributed by atoms with Crippen LogP contribution in [0, 0.1) is 5.82 Å². The molecule has 0 spiro atoms. The number of benzene rings is 2. The van der Waals surface area contributed by atoms with E-state index in [2.05, 4.69) is 5.32 Å². The molecule has 6 nitrogen and oxygen atoms in total. The lowest BCUT2D eigenvalue weighted by atomic mass is 10.0. The van der Waals surface area contributed by atoms with Crippen LogP contribution in [0.15, 0.2) is 48.5 Å². The second kappa shape index (κ2) is 9.26. The van der Waals surface area contributed by atoms with Crippen LogP contribution in [0.2, 0.25) is 0 Å². The van der Waals surface area contributed by atoms with Crippen LogP contribution in [0.1, 0.15) is 12.5 Å². The molecule has 2 rings (SSSR count). The maximum atomic E-state index is 12.9. The van der Waals surface area contributed by atoms with Gasteiger partial charge in [-0.25, -0.2) is 4.39 Å². The zero-order valence-electron chi connectivity index (χ0n) is 13.9. The van der Waals surface area contributed by atoms with Crippen molar-refractivity contribution in [1.82, 2.24) is 5.32 Å². The van der Waals surface area contributed by atoms with Gasteiger partial charge in [-0.05, 0) is 35.7 Å². The standard InChI is InChI=1S/C16H17FN2O.CH4O3S/c1-11(16(18)20)19-10-12-2-4-13(5-3-12)14-6-8-15(17)9-7-14;1-5(2,3)4/h2-9,11,19H,10H2,1H3,(H2,18,20);1H3,(H,2,3,4)/t11-;/m0./s1. The van der Waals surface area contributed by atoms with E-state index in [9.17, 15) is 17.6 Å². The van der Waals surface area contributed by atoms with Gasteiger partial charge in [0.15, 0.2) is 0 Å². The van der Waals surface area contributed by atoms with Crippen molar-refractivity contribution >= 4 is 16.0 Å². The van der Waals surface area contributed by atoms with Gasteiger partial charge >= 0.3 is 0 Å². The number of primary amides is 1. The topological polar surface area (TPSA) is 109 Å². The van der Waals surface area contributed by atoms with E-state index in [0.29, 0.717) is 12.8 Å². The molecule has 0 saturated heterocycles. The second-order valence-electron chi connectivity index (χ2n) is 5.44. The number of hydrogen-bond donors (Lipinski definition) is 3. The van der Waals surface area contributed by atoms with E-state index in [1.165, 1.54) is 12.1 Å². The normalized spacial score (nSPS) is 12.0. The first-order valence-corrected chi connectivity index (χ1v) is 9.21. The van der Waals surface area contributed by atoms with Crippen molar-refractivity contribution in [2.75, 3.05) is 6.26 Å². The first-order valence-electron chi connectivity index (χ1n) is 7.36. The summed E-state index contributed by atoms with van der Waals surface area (Å²) >= 11 is 0. The molecule has 0 saturated carbocycles. The average molecular weight is 368 g/mol. The largest absolute Gasteiger partial charge is 0.368 e. The van der Waals surface area contributed by atoms with E-state index >= 15 is 0 Å². The molecule has 2 aromatic carbocycles. The molecule has 1 atom stereocenters. The van der Waals surface area contributed by atoms with Crippen molar-refractivity contribution in [3.8, 4) is 11.1 Å². The molecule has 25 heavy (non-hydrogen) atoms. The number of amides is 1. The van der Waals surface area contributed by atoms with Gasteiger partial charge in [-0.2, -0.15) is 8.42 Å². The van der Waals surface area contributed by atoms with Gasteiger partial charge in [0.25, 0.3) is 10.1 Å². The van der Waals surface area contributed by atoms with Crippen molar-refractivity contribution in [2.45, 2.75) is 19.5 Å². The van der Waals surface area contributed by atoms with E-state index in [-0.39, 0.29) is 17.8 Å². The molecule has 0 unspecified atom stereocenters. The summed E-state index contributed by atoms with van der Waals surface area (Å²) in [7, 11) is -3.67. The van der Waals surface area contributed by atoms with Gasteiger partial charge < -0.3 is 11.1 Å². The minimum atomic E-state index is -3.67. The van der Waals surface area contributed by atoms with E-state index in [1.807, 2.05) is 24.3 Å². The van der Waals surface area contributed by atoms with Gasteiger partial charge in [0.2, 0.25) is 5.91 Å². The summed E-state index contributed by atoms with van der Waals surface area (Å²) in [5, 5.41) is 3.04. The second-order valence-corrected chi connectivity index (χ2v) is 6.91. The van der Waals surface area contributed by atoms with Gasteiger partial charge in [0.1, 0.15) is 5.82 Å². The highest BCUT2D eigenvalue weighted by molar-refractivity contribution is 7.85. The number of nitrogens with one attached hydrogen (secondary N) is 1. The van der Waals surface area contributed by atoms with Crippen LogP contribution in [-0.2, 0) is 21.5 Å². The first-order chi connectivity index (χ1) is 11.6.